The highest BCUT2D eigenvalue weighted by molar-refractivity contribution is 7.80. The van der Waals surface area contributed by atoms with Crippen molar-refractivity contribution in [1.29, 1.82) is 0 Å². The van der Waals surface area contributed by atoms with Gasteiger partial charge in [-0.25, -0.2) is 9.37 Å². The lowest BCUT2D eigenvalue weighted by Gasteiger charge is -2.37. The third kappa shape index (κ3) is 5.81. The van der Waals surface area contributed by atoms with Crippen LogP contribution in [0.3, 0.4) is 0 Å². The van der Waals surface area contributed by atoms with Gasteiger partial charge in [-0.05, 0) is 54.4 Å². The van der Waals surface area contributed by atoms with Crippen molar-refractivity contribution in [2.45, 2.75) is 25.9 Å². The van der Waals surface area contributed by atoms with Gasteiger partial charge < -0.3 is 25.0 Å². The Morgan fingerprint density at radius 3 is 2.67 bits per heavy atom. The standard InChI is InChI=1S/C25H33FN6S/c1-18-16-31(15-13-27-25(33)30(2)3)14-12-21(18)28-24-29-22-6-4-5-7-23(22)32(24)17-19-8-10-20(26)11-9-19/h4-11,18,21H,12-17H2,1-3H3,(H,27,33)(H,28,29). The summed E-state index contributed by atoms with van der Waals surface area (Å²) in [5.74, 6) is 1.15. The van der Waals surface area contributed by atoms with Gasteiger partial charge in [-0.3, -0.25) is 0 Å². The van der Waals surface area contributed by atoms with Gasteiger partial charge in [-0.1, -0.05) is 31.2 Å². The van der Waals surface area contributed by atoms with Crippen LogP contribution in [-0.4, -0.2) is 70.8 Å². The highest BCUT2D eigenvalue weighted by atomic mass is 32.1. The van der Waals surface area contributed by atoms with Gasteiger partial charge in [-0.2, -0.15) is 0 Å². The van der Waals surface area contributed by atoms with Crippen LogP contribution in [0.2, 0.25) is 0 Å². The zero-order valence-corrected chi connectivity index (χ0v) is 20.4. The number of piperidine rings is 1. The van der Waals surface area contributed by atoms with E-state index in [1.807, 2.05) is 49.3 Å². The minimum atomic E-state index is -0.216. The lowest BCUT2D eigenvalue weighted by molar-refractivity contribution is 0.174. The van der Waals surface area contributed by atoms with E-state index in [-0.39, 0.29) is 5.82 Å². The van der Waals surface area contributed by atoms with Crippen LogP contribution in [0.5, 0.6) is 0 Å². The predicted octanol–water partition coefficient (Wildman–Crippen LogP) is 3.78. The first-order valence-electron chi connectivity index (χ1n) is 11.5. The van der Waals surface area contributed by atoms with Gasteiger partial charge in [0.25, 0.3) is 0 Å². The van der Waals surface area contributed by atoms with Crippen molar-refractivity contribution in [2.75, 3.05) is 45.6 Å². The van der Waals surface area contributed by atoms with Crippen molar-refractivity contribution in [2.24, 2.45) is 5.92 Å². The van der Waals surface area contributed by atoms with Crippen molar-refractivity contribution >= 4 is 34.3 Å². The lowest BCUT2D eigenvalue weighted by atomic mass is 9.94. The van der Waals surface area contributed by atoms with Crippen LogP contribution < -0.4 is 10.6 Å². The first-order chi connectivity index (χ1) is 15.9. The Bertz CT molecular complexity index is 1080. The molecule has 3 aromatic rings. The maximum atomic E-state index is 13.4. The molecule has 2 N–H and O–H groups in total. The Balaban J connectivity index is 1.42. The summed E-state index contributed by atoms with van der Waals surface area (Å²) in [6, 6.07) is 15.2. The molecule has 2 unspecified atom stereocenters. The molecule has 0 saturated carbocycles. The molecule has 8 heteroatoms. The average Bonchev–Trinajstić information content (AvgIpc) is 3.14. The number of hydrogen-bond acceptors (Lipinski definition) is 4. The third-order valence-electron chi connectivity index (χ3n) is 6.32. The number of benzene rings is 2. The van der Waals surface area contributed by atoms with Crippen LogP contribution in [0.15, 0.2) is 48.5 Å². The minimum absolute atomic E-state index is 0.216. The molecule has 1 aliphatic heterocycles. The summed E-state index contributed by atoms with van der Waals surface area (Å²) in [5.41, 5.74) is 3.10. The summed E-state index contributed by atoms with van der Waals surface area (Å²) >= 11 is 5.31. The van der Waals surface area contributed by atoms with Crippen LogP contribution >= 0.6 is 12.2 Å². The molecule has 6 nitrogen and oxygen atoms in total. The molecule has 0 spiro atoms. The van der Waals surface area contributed by atoms with E-state index in [2.05, 4.69) is 33.1 Å². The number of nitrogens with one attached hydrogen (secondary N) is 2. The fraction of sp³-hybridized carbons (Fsp3) is 0.440. The van der Waals surface area contributed by atoms with Crippen LogP contribution in [0.25, 0.3) is 11.0 Å². The summed E-state index contributed by atoms with van der Waals surface area (Å²) in [6.07, 6.45) is 1.05. The average molecular weight is 469 g/mol. The number of imidazole rings is 1. The molecular formula is C25H33FN6S. The monoisotopic (exact) mass is 468 g/mol. The van der Waals surface area contributed by atoms with E-state index in [9.17, 15) is 4.39 Å². The Morgan fingerprint density at radius 1 is 1.18 bits per heavy atom. The van der Waals surface area contributed by atoms with E-state index in [0.717, 1.165) is 60.3 Å². The molecule has 1 aromatic heterocycles. The van der Waals surface area contributed by atoms with Gasteiger partial charge in [-0.15, -0.1) is 0 Å². The van der Waals surface area contributed by atoms with Gasteiger partial charge in [0, 0.05) is 46.3 Å². The number of thiocarbonyl (C=S) groups is 1. The van der Waals surface area contributed by atoms with E-state index in [4.69, 9.17) is 17.2 Å². The smallest absolute Gasteiger partial charge is 0.204 e. The number of fused-ring (bicyclic) bond motifs is 1. The van der Waals surface area contributed by atoms with E-state index >= 15 is 0 Å². The van der Waals surface area contributed by atoms with E-state index in [1.54, 1.807) is 0 Å². The number of para-hydroxylation sites is 2. The SMILES string of the molecule is CC1CN(CCNC(=S)N(C)C)CCC1Nc1nc2ccccc2n1Cc1ccc(F)cc1. The summed E-state index contributed by atoms with van der Waals surface area (Å²) in [5, 5.41) is 7.82. The van der Waals surface area contributed by atoms with Gasteiger partial charge in [0.15, 0.2) is 5.11 Å². The Kier molecular flexibility index (Phi) is 7.45. The molecule has 2 aromatic carbocycles. The molecule has 4 rings (SSSR count). The van der Waals surface area contributed by atoms with Crippen molar-refractivity contribution < 1.29 is 4.39 Å². The van der Waals surface area contributed by atoms with Gasteiger partial charge in [0.1, 0.15) is 5.82 Å². The highest BCUT2D eigenvalue weighted by Crippen LogP contribution is 2.25. The number of rotatable bonds is 7. The Hall–Kier alpha value is -2.71. The first kappa shape index (κ1) is 23.4. The summed E-state index contributed by atoms with van der Waals surface area (Å²) in [7, 11) is 3.91. The van der Waals surface area contributed by atoms with Gasteiger partial charge in [0.05, 0.1) is 17.6 Å². The second kappa shape index (κ2) is 10.5. The van der Waals surface area contributed by atoms with Crippen molar-refractivity contribution in [1.82, 2.24) is 24.7 Å². The summed E-state index contributed by atoms with van der Waals surface area (Å²) in [4.78, 5) is 9.31. The largest absolute Gasteiger partial charge is 0.361 e. The second-order valence-corrected chi connectivity index (χ2v) is 9.47. The Morgan fingerprint density at radius 2 is 1.94 bits per heavy atom. The summed E-state index contributed by atoms with van der Waals surface area (Å²) < 4.78 is 15.6. The molecule has 0 aliphatic carbocycles. The zero-order chi connectivity index (χ0) is 23.4. The lowest BCUT2D eigenvalue weighted by Crippen LogP contribution is -2.48. The number of hydrogen-bond donors (Lipinski definition) is 2. The zero-order valence-electron chi connectivity index (χ0n) is 19.6. The van der Waals surface area contributed by atoms with E-state index in [1.165, 1.54) is 12.1 Å². The molecule has 0 radical (unpaired) electrons. The molecule has 2 heterocycles. The number of nitrogens with zero attached hydrogens (tertiary/aromatic N) is 4. The van der Waals surface area contributed by atoms with Crippen LogP contribution in [0.4, 0.5) is 10.3 Å². The number of halogens is 1. The molecule has 176 valence electrons. The Labute approximate surface area is 200 Å². The fourth-order valence-corrected chi connectivity index (χ4v) is 4.51. The van der Waals surface area contributed by atoms with Crippen LogP contribution in [0.1, 0.15) is 18.9 Å². The van der Waals surface area contributed by atoms with Crippen LogP contribution in [0, 0.1) is 11.7 Å². The number of anilines is 1. The molecule has 1 fully saturated rings. The molecule has 33 heavy (non-hydrogen) atoms. The molecule has 1 aliphatic rings. The molecule has 2 atom stereocenters. The molecule has 1 saturated heterocycles. The van der Waals surface area contributed by atoms with Crippen molar-refractivity contribution in [3.8, 4) is 0 Å². The highest BCUT2D eigenvalue weighted by Gasteiger charge is 2.27. The number of aromatic nitrogens is 2. The van der Waals surface area contributed by atoms with E-state index in [0.29, 0.717) is 18.5 Å². The maximum absolute atomic E-state index is 13.4. The van der Waals surface area contributed by atoms with Crippen molar-refractivity contribution in [3.63, 3.8) is 0 Å². The van der Waals surface area contributed by atoms with Crippen LogP contribution in [-0.2, 0) is 6.54 Å². The van der Waals surface area contributed by atoms with Crippen molar-refractivity contribution in [3.05, 3.63) is 59.9 Å². The third-order valence-corrected chi connectivity index (χ3v) is 6.83. The first-order valence-corrected chi connectivity index (χ1v) is 12.0. The minimum Gasteiger partial charge on any atom is -0.361 e. The van der Waals surface area contributed by atoms with Gasteiger partial charge >= 0.3 is 0 Å². The van der Waals surface area contributed by atoms with E-state index < -0.39 is 0 Å². The molecular weight excluding hydrogens is 435 g/mol. The molecule has 0 bridgehead atoms. The second-order valence-electron chi connectivity index (χ2n) is 9.08. The normalized spacial score (nSPS) is 18.9. The fourth-order valence-electron chi connectivity index (χ4n) is 4.41. The topological polar surface area (TPSA) is 48.4 Å². The predicted molar refractivity (Wildman–Crippen MR) is 137 cm³/mol. The quantitative estimate of drug-likeness (QED) is 0.515. The maximum Gasteiger partial charge on any atom is 0.204 e. The summed E-state index contributed by atoms with van der Waals surface area (Å²) in [6.45, 7) is 6.86. The number of likely N-dealkylation sites (tertiary alicyclic amines) is 1. The van der Waals surface area contributed by atoms with Gasteiger partial charge in [0.2, 0.25) is 5.95 Å². The molecule has 0 amide bonds.